The third-order valence-corrected chi connectivity index (χ3v) is 4.63. The van der Waals surface area contributed by atoms with Crippen molar-refractivity contribution in [1.82, 2.24) is 0 Å². The molecule has 0 heterocycles. The van der Waals surface area contributed by atoms with Crippen LogP contribution in [0.15, 0.2) is 18.2 Å². The van der Waals surface area contributed by atoms with E-state index in [-0.39, 0.29) is 12.0 Å². The number of aliphatic hydroxyl groups is 1. The van der Waals surface area contributed by atoms with E-state index in [2.05, 4.69) is 0 Å². The van der Waals surface area contributed by atoms with Gasteiger partial charge < -0.3 is 5.11 Å². The van der Waals surface area contributed by atoms with Gasteiger partial charge in [0.25, 0.3) is 0 Å². The third kappa shape index (κ3) is 2.19. The smallest absolute Gasteiger partial charge is 0.140 e. The number of halogens is 1. The average Bonchev–Trinajstić information content (AvgIpc) is 2.43. The first-order valence-corrected chi connectivity index (χ1v) is 6.99. The second-order valence-corrected chi connectivity index (χ2v) is 6.02. The van der Waals surface area contributed by atoms with Crippen LogP contribution in [0.1, 0.15) is 30.4 Å². The Morgan fingerprint density at radius 3 is 2.72 bits per heavy atom. The predicted molar refractivity (Wildman–Crippen MR) is 70.7 cm³/mol. The lowest BCUT2D eigenvalue weighted by Crippen LogP contribution is -2.37. The average molecular weight is 265 g/mol. The SMILES string of the molecule is O=C1Cc2cc(Cl)ccc2CCC1C1CC(O)C1. The minimum absolute atomic E-state index is 0.138. The van der Waals surface area contributed by atoms with Gasteiger partial charge in [-0.3, -0.25) is 4.79 Å². The number of benzene rings is 1. The summed E-state index contributed by atoms with van der Waals surface area (Å²) in [6, 6.07) is 5.87. The fraction of sp³-hybridized carbons (Fsp3) is 0.533. The van der Waals surface area contributed by atoms with Gasteiger partial charge in [0.15, 0.2) is 0 Å². The molecule has 1 aromatic carbocycles. The van der Waals surface area contributed by atoms with Crippen LogP contribution >= 0.6 is 11.6 Å². The Balaban J connectivity index is 1.80. The molecule has 2 aliphatic carbocycles. The van der Waals surface area contributed by atoms with Gasteiger partial charge in [-0.15, -0.1) is 0 Å². The molecule has 0 bridgehead atoms. The molecular formula is C15H17ClO2. The summed E-state index contributed by atoms with van der Waals surface area (Å²) in [5.74, 6) is 0.866. The van der Waals surface area contributed by atoms with Gasteiger partial charge >= 0.3 is 0 Å². The molecule has 0 spiro atoms. The van der Waals surface area contributed by atoms with Gasteiger partial charge in [0.05, 0.1) is 6.10 Å². The summed E-state index contributed by atoms with van der Waals surface area (Å²) < 4.78 is 0. The van der Waals surface area contributed by atoms with E-state index in [1.165, 1.54) is 5.56 Å². The summed E-state index contributed by atoms with van der Waals surface area (Å²) in [6.07, 6.45) is 3.80. The molecule has 2 aliphatic rings. The first kappa shape index (κ1) is 12.2. The molecule has 1 unspecified atom stereocenters. The van der Waals surface area contributed by atoms with Gasteiger partial charge in [-0.1, -0.05) is 17.7 Å². The fourth-order valence-corrected chi connectivity index (χ4v) is 3.45. The molecule has 1 N–H and O–H groups in total. The third-order valence-electron chi connectivity index (χ3n) is 4.39. The van der Waals surface area contributed by atoms with Gasteiger partial charge in [0, 0.05) is 17.4 Å². The number of hydrogen-bond donors (Lipinski definition) is 1. The largest absolute Gasteiger partial charge is 0.393 e. The minimum Gasteiger partial charge on any atom is -0.393 e. The number of fused-ring (bicyclic) bond motifs is 1. The molecule has 18 heavy (non-hydrogen) atoms. The van der Waals surface area contributed by atoms with Crippen LogP contribution in [0, 0.1) is 11.8 Å². The van der Waals surface area contributed by atoms with E-state index in [0.717, 1.165) is 31.2 Å². The van der Waals surface area contributed by atoms with E-state index in [9.17, 15) is 9.90 Å². The molecule has 96 valence electrons. The molecule has 1 atom stereocenters. The lowest BCUT2D eigenvalue weighted by atomic mass is 9.70. The predicted octanol–water partition coefficient (Wildman–Crippen LogP) is 2.78. The summed E-state index contributed by atoms with van der Waals surface area (Å²) in [4.78, 5) is 12.3. The fourth-order valence-electron chi connectivity index (χ4n) is 3.25. The maximum absolute atomic E-state index is 12.3. The van der Waals surface area contributed by atoms with Crippen molar-refractivity contribution in [2.75, 3.05) is 0 Å². The summed E-state index contributed by atoms with van der Waals surface area (Å²) in [5, 5.41) is 10.1. The van der Waals surface area contributed by atoms with Crippen LogP contribution in [0.25, 0.3) is 0 Å². The normalized spacial score (nSPS) is 31.4. The van der Waals surface area contributed by atoms with Crippen LogP contribution in [0.4, 0.5) is 0 Å². The molecule has 0 radical (unpaired) electrons. The highest BCUT2D eigenvalue weighted by Gasteiger charge is 2.38. The monoisotopic (exact) mass is 264 g/mol. The molecule has 0 aromatic heterocycles. The number of hydrogen-bond acceptors (Lipinski definition) is 2. The Labute approximate surface area is 112 Å². The summed E-state index contributed by atoms with van der Waals surface area (Å²) in [6.45, 7) is 0. The zero-order chi connectivity index (χ0) is 12.7. The van der Waals surface area contributed by atoms with Crippen molar-refractivity contribution < 1.29 is 9.90 Å². The van der Waals surface area contributed by atoms with E-state index in [0.29, 0.717) is 23.1 Å². The maximum atomic E-state index is 12.3. The first-order chi connectivity index (χ1) is 8.63. The van der Waals surface area contributed by atoms with Crippen LogP contribution in [-0.4, -0.2) is 17.0 Å². The van der Waals surface area contributed by atoms with Gasteiger partial charge in [-0.05, 0) is 54.9 Å². The molecule has 1 fully saturated rings. The van der Waals surface area contributed by atoms with Crippen molar-refractivity contribution in [3.8, 4) is 0 Å². The van der Waals surface area contributed by atoms with Gasteiger partial charge in [-0.2, -0.15) is 0 Å². The summed E-state index contributed by atoms with van der Waals surface area (Å²) in [5.41, 5.74) is 2.35. The molecule has 2 nitrogen and oxygen atoms in total. The summed E-state index contributed by atoms with van der Waals surface area (Å²) in [7, 11) is 0. The Kier molecular flexibility index (Phi) is 3.16. The number of ketones is 1. The van der Waals surface area contributed by atoms with Crippen molar-refractivity contribution in [3.05, 3.63) is 34.3 Å². The molecule has 1 saturated carbocycles. The highest BCUT2D eigenvalue weighted by molar-refractivity contribution is 6.30. The van der Waals surface area contributed by atoms with Crippen LogP contribution in [0.3, 0.4) is 0 Å². The number of aliphatic hydroxyl groups excluding tert-OH is 1. The van der Waals surface area contributed by atoms with Crippen molar-refractivity contribution >= 4 is 17.4 Å². The summed E-state index contributed by atoms with van der Waals surface area (Å²) >= 11 is 5.99. The van der Waals surface area contributed by atoms with E-state index in [1.807, 2.05) is 18.2 Å². The lowest BCUT2D eigenvalue weighted by molar-refractivity contribution is -0.126. The molecule has 3 heteroatoms. The van der Waals surface area contributed by atoms with Crippen LogP contribution in [-0.2, 0) is 17.6 Å². The molecule has 0 saturated heterocycles. The van der Waals surface area contributed by atoms with Gasteiger partial charge in [0.2, 0.25) is 0 Å². The molecule has 0 aliphatic heterocycles. The van der Waals surface area contributed by atoms with E-state index in [1.54, 1.807) is 0 Å². The number of carbonyl (C=O) groups excluding carboxylic acids is 1. The molecule has 3 rings (SSSR count). The lowest BCUT2D eigenvalue weighted by Gasteiger charge is -2.36. The molecule has 1 aromatic rings. The highest BCUT2D eigenvalue weighted by atomic mass is 35.5. The minimum atomic E-state index is -0.178. The van der Waals surface area contributed by atoms with Crippen molar-refractivity contribution in [3.63, 3.8) is 0 Å². The Morgan fingerprint density at radius 2 is 2.00 bits per heavy atom. The van der Waals surface area contributed by atoms with Crippen molar-refractivity contribution in [2.45, 2.75) is 38.2 Å². The quantitative estimate of drug-likeness (QED) is 0.792. The molecule has 0 amide bonds. The van der Waals surface area contributed by atoms with Crippen molar-refractivity contribution in [1.29, 1.82) is 0 Å². The first-order valence-electron chi connectivity index (χ1n) is 6.61. The zero-order valence-corrected chi connectivity index (χ0v) is 11.0. The number of carbonyl (C=O) groups is 1. The maximum Gasteiger partial charge on any atom is 0.140 e. The van der Waals surface area contributed by atoms with Gasteiger partial charge in [0.1, 0.15) is 5.78 Å². The number of Topliss-reactive ketones (excluding diaryl/α,β-unsaturated/α-hetero) is 1. The van der Waals surface area contributed by atoms with E-state index >= 15 is 0 Å². The number of rotatable bonds is 1. The standard InChI is InChI=1S/C15H17ClO2/c16-12-3-1-9-2-4-14(11-6-13(17)7-11)15(18)8-10(9)5-12/h1,3,5,11,13-14,17H,2,4,6-8H2. The van der Waals surface area contributed by atoms with Gasteiger partial charge in [-0.25, -0.2) is 0 Å². The Bertz CT molecular complexity index is 477. The number of aryl methyl sites for hydroxylation is 1. The van der Waals surface area contributed by atoms with Crippen LogP contribution in [0.5, 0.6) is 0 Å². The Morgan fingerprint density at radius 1 is 1.22 bits per heavy atom. The van der Waals surface area contributed by atoms with Crippen LogP contribution < -0.4 is 0 Å². The second-order valence-electron chi connectivity index (χ2n) is 5.59. The van der Waals surface area contributed by atoms with E-state index < -0.39 is 0 Å². The Hall–Kier alpha value is -0.860. The highest BCUT2D eigenvalue weighted by Crippen LogP contribution is 2.39. The topological polar surface area (TPSA) is 37.3 Å². The van der Waals surface area contributed by atoms with E-state index in [4.69, 9.17) is 11.6 Å². The van der Waals surface area contributed by atoms with Crippen LogP contribution in [0.2, 0.25) is 5.02 Å². The van der Waals surface area contributed by atoms with Crippen molar-refractivity contribution in [2.24, 2.45) is 11.8 Å². The zero-order valence-electron chi connectivity index (χ0n) is 10.2. The second kappa shape index (κ2) is 4.67. The molecular weight excluding hydrogens is 248 g/mol.